The lowest BCUT2D eigenvalue weighted by Gasteiger charge is -2.40. The monoisotopic (exact) mass is 184 g/mol. The van der Waals surface area contributed by atoms with E-state index in [0.717, 1.165) is 5.54 Å². The highest BCUT2D eigenvalue weighted by atomic mass is 28.3. The van der Waals surface area contributed by atoms with E-state index in [0.29, 0.717) is 10.8 Å². The number of hydrogen-bond acceptors (Lipinski definition) is 0. The van der Waals surface area contributed by atoms with Crippen LogP contribution in [0.5, 0.6) is 0 Å². The van der Waals surface area contributed by atoms with E-state index in [-0.39, 0.29) is 0 Å². The predicted octanol–water partition coefficient (Wildman–Crippen LogP) is 3.69. The molecular weight excluding hydrogens is 160 g/mol. The van der Waals surface area contributed by atoms with Crippen LogP contribution in [0.15, 0.2) is 0 Å². The summed E-state index contributed by atoms with van der Waals surface area (Å²) in [6.45, 7) is 14.9. The molecule has 0 spiro atoms. The van der Waals surface area contributed by atoms with E-state index in [9.17, 15) is 0 Å². The molecule has 0 nitrogen and oxygen atoms in total. The maximum absolute atomic E-state index is 2.51. The lowest BCUT2D eigenvalue weighted by Crippen LogP contribution is -2.33. The van der Waals surface area contributed by atoms with E-state index < -0.39 is 8.80 Å². The van der Waals surface area contributed by atoms with Gasteiger partial charge in [-0.15, -0.1) is 0 Å². The molecule has 0 aliphatic heterocycles. The Labute approximate surface area is 79.4 Å². The van der Waals surface area contributed by atoms with E-state index in [1.165, 1.54) is 12.8 Å². The van der Waals surface area contributed by atoms with Crippen molar-refractivity contribution in [2.24, 2.45) is 10.8 Å². The summed E-state index contributed by atoms with van der Waals surface area (Å²) >= 11 is 0. The molecule has 0 saturated heterocycles. The molecule has 1 heteroatoms. The molecule has 0 amide bonds. The summed E-state index contributed by atoms with van der Waals surface area (Å²) in [5.74, 6) is 0. The smallest absolute Gasteiger partial charge is 0.0343 e. The lowest BCUT2D eigenvalue weighted by molar-refractivity contribution is 0.155. The van der Waals surface area contributed by atoms with Crippen LogP contribution in [0.1, 0.15) is 40.5 Å². The Kier molecular flexibility index (Phi) is 2.46. The molecule has 0 aromatic rings. The minimum atomic E-state index is -0.430. The van der Waals surface area contributed by atoms with Gasteiger partial charge in [-0.2, -0.15) is 0 Å². The van der Waals surface area contributed by atoms with Gasteiger partial charge >= 0.3 is 0 Å². The van der Waals surface area contributed by atoms with Crippen LogP contribution in [-0.4, -0.2) is 8.80 Å². The van der Waals surface area contributed by atoms with Crippen molar-refractivity contribution >= 4 is 8.80 Å². The molecule has 1 rings (SSSR count). The van der Waals surface area contributed by atoms with E-state index in [1.54, 1.807) is 0 Å². The highest BCUT2D eigenvalue weighted by molar-refractivity contribution is 6.57. The first-order chi connectivity index (χ1) is 5.29. The number of hydrogen-bond donors (Lipinski definition) is 0. The fourth-order valence-corrected chi connectivity index (χ4v) is 5.82. The van der Waals surface area contributed by atoms with Gasteiger partial charge in [0, 0.05) is 8.80 Å². The third-order valence-electron chi connectivity index (χ3n) is 4.56. The van der Waals surface area contributed by atoms with E-state index in [4.69, 9.17) is 0 Å². The molecule has 1 unspecified atom stereocenters. The third kappa shape index (κ3) is 1.36. The van der Waals surface area contributed by atoms with Gasteiger partial charge in [-0.1, -0.05) is 47.2 Å². The van der Waals surface area contributed by atoms with Gasteiger partial charge in [0.15, 0.2) is 0 Å². The standard InChI is InChI=1S/C11H24Si/c1-10(2)8-7-9(12(5)6)11(10,3)4/h9,12H,7-8H2,1-6H3. The van der Waals surface area contributed by atoms with Crippen LogP contribution in [0, 0.1) is 10.8 Å². The quantitative estimate of drug-likeness (QED) is 0.545. The van der Waals surface area contributed by atoms with E-state index in [1.807, 2.05) is 0 Å². The van der Waals surface area contributed by atoms with Crippen LogP contribution in [0.3, 0.4) is 0 Å². The second-order valence-electron chi connectivity index (χ2n) is 5.99. The predicted molar refractivity (Wildman–Crippen MR) is 59.4 cm³/mol. The summed E-state index contributed by atoms with van der Waals surface area (Å²) in [5, 5.41) is 0. The summed E-state index contributed by atoms with van der Waals surface area (Å²) in [7, 11) is -0.430. The zero-order valence-corrected chi connectivity index (χ0v) is 10.7. The molecule has 72 valence electrons. The Morgan fingerprint density at radius 1 is 1.08 bits per heavy atom. The van der Waals surface area contributed by atoms with Crippen LogP contribution >= 0.6 is 0 Å². The summed E-state index contributed by atoms with van der Waals surface area (Å²) < 4.78 is 0. The molecule has 0 aromatic heterocycles. The second-order valence-corrected chi connectivity index (χ2v) is 9.29. The third-order valence-corrected chi connectivity index (χ3v) is 7.33. The molecule has 0 N–H and O–H groups in total. The van der Waals surface area contributed by atoms with Gasteiger partial charge in [0.25, 0.3) is 0 Å². The Bertz CT molecular complexity index is 168. The second kappa shape index (κ2) is 2.86. The molecule has 0 bridgehead atoms. The minimum absolute atomic E-state index is 0.430. The van der Waals surface area contributed by atoms with Crippen LogP contribution in [0.4, 0.5) is 0 Å². The van der Waals surface area contributed by atoms with Gasteiger partial charge in [-0.05, 0) is 22.8 Å². The summed E-state index contributed by atoms with van der Waals surface area (Å²) in [6.07, 6.45) is 2.93. The maximum Gasteiger partial charge on any atom is 0.0343 e. The van der Waals surface area contributed by atoms with Gasteiger partial charge in [0.05, 0.1) is 0 Å². The van der Waals surface area contributed by atoms with Gasteiger partial charge in [-0.3, -0.25) is 0 Å². The average Bonchev–Trinajstić information content (AvgIpc) is 2.03. The van der Waals surface area contributed by atoms with Crippen molar-refractivity contribution < 1.29 is 0 Å². The van der Waals surface area contributed by atoms with Crippen molar-refractivity contribution in [1.82, 2.24) is 0 Å². The lowest BCUT2D eigenvalue weighted by atomic mass is 9.71. The first-order valence-electron chi connectivity index (χ1n) is 5.29. The summed E-state index contributed by atoms with van der Waals surface area (Å²) in [6, 6.07) is 0. The Morgan fingerprint density at radius 2 is 1.58 bits per heavy atom. The van der Waals surface area contributed by atoms with Crippen LogP contribution in [0.2, 0.25) is 18.6 Å². The molecule has 1 aliphatic rings. The topological polar surface area (TPSA) is 0 Å². The SMILES string of the molecule is C[SiH](C)C1CCC(C)(C)C1(C)C. The summed E-state index contributed by atoms with van der Waals surface area (Å²) in [4.78, 5) is 0. The van der Waals surface area contributed by atoms with Crippen LogP contribution in [0.25, 0.3) is 0 Å². The van der Waals surface area contributed by atoms with Crippen molar-refractivity contribution in [3.63, 3.8) is 0 Å². The van der Waals surface area contributed by atoms with Crippen molar-refractivity contribution in [2.75, 3.05) is 0 Å². The highest BCUT2D eigenvalue weighted by Gasteiger charge is 2.49. The van der Waals surface area contributed by atoms with Gasteiger partial charge < -0.3 is 0 Å². The van der Waals surface area contributed by atoms with Crippen molar-refractivity contribution in [3.05, 3.63) is 0 Å². The first-order valence-corrected chi connectivity index (χ1v) is 8.26. The fourth-order valence-electron chi connectivity index (χ4n) is 2.87. The number of rotatable bonds is 1. The van der Waals surface area contributed by atoms with Crippen LogP contribution < -0.4 is 0 Å². The highest BCUT2D eigenvalue weighted by Crippen LogP contribution is 2.59. The van der Waals surface area contributed by atoms with E-state index in [2.05, 4.69) is 40.8 Å². The molecule has 1 aliphatic carbocycles. The Balaban J connectivity index is 2.85. The molecule has 0 aromatic carbocycles. The van der Waals surface area contributed by atoms with Crippen molar-refractivity contribution in [3.8, 4) is 0 Å². The molecule has 12 heavy (non-hydrogen) atoms. The Hall–Kier alpha value is 0.217. The van der Waals surface area contributed by atoms with Crippen molar-refractivity contribution in [2.45, 2.75) is 59.2 Å². The average molecular weight is 184 g/mol. The zero-order valence-electron chi connectivity index (χ0n) is 9.57. The molecule has 1 fully saturated rings. The molecule has 1 atom stereocenters. The fraction of sp³-hybridized carbons (Fsp3) is 1.00. The first kappa shape index (κ1) is 10.3. The van der Waals surface area contributed by atoms with Crippen molar-refractivity contribution in [1.29, 1.82) is 0 Å². The summed E-state index contributed by atoms with van der Waals surface area (Å²) in [5.41, 5.74) is 2.23. The zero-order chi connectivity index (χ0) is 9.57. The van der Waals surface area contributed by atoms with Gasteiger partial charge in [-0.25, -0.2) is 0 Å². The molecule has 0 radical (unpaired) electrons. The van der Waals surface area contributed by atoms with Gasteiger partial charge in [0.2, 0.25) is 0 Å². The largest absolute Gasteiger partial charge is 0.0720 e. The molecule has 1 saturated carbocycles. The van der Waals surface area contributed by atoms with Gasteiger partial charge in [0.1, 0.15) is 0 Å². The maximum atomic E-state index is 2.51. The Morgan fingerprint density at radius 3 is 1.75 bits per heavy atom. The van der Waals surface area contributed by atoms with E-state index >= 15 is 0 Å². The normalized spacial score (nSPS) is 32.8. The molecule has 0 heterocycles. The van der Waals surface area contributed by atoms with Crippen LogP contribution in [-0.2, 0) is 0 Å². The molecular formula is C11H24Si. The minimum Gasteiger partial charge on any atom is -0.0720 e.